The van der Waals surface area contributed by atoms with Crippen LogP contribution in [-0.2, 0) is 9.59 Å². The molecule has 0 aliphatic carbocycles. The van der Waals surface area contributed by atoms with E-state index in [-0.39, 0.29) is 29.0 Å². The fraction of sp³-hybridized carbons (Fsp3) is 0.250. The Morgan fingerprint density at radius 2 is 2.10 bits per heavy atom. The molecule has 31 heavy (non-hydrogen) atoms. The molecule has 0 aromatic heterocycles. The highest BCUT2D eigenvalue weighted by molar-refractivity contribution is 8.24. The number of fused-ring (bicyclic) bond motifs is 1. The average molecular weight is 495 g/mol. The van der Waals surface area contributed by atoms with Gasteiger partial charge in [0.25, 0.3) is 0 Å². The molecule has 3 N–H and O–H groups in total. The van der Waals surface area contributed by atoms with Crippen molar-refractivity contribution in [3.8, 4) is 5.75 Å². The monoisotopic (exact) mass is 494 g/mol. The lowest BCUT2D eigenvalue weighted by atomic mass is 10.2. The van der Waals surface area contributed by atoms with Crippen LogP contribution in [0.15, 0.2) is 48.5 Å². The Labute approximate surface area is 198 Å². The van der Waals surface area contributed by atoms with Gasteiger partial charge in [-0.25, -0.2) is 0 Å². The van der Waals surface area contributed by atoms with Gasteiger partial charge in [-0.3, -0.25) is 14.9 Å². The summed E-state index contributed by atoms with van der Waals surface area (Å²) in [6, 6.07) is 14.5. The van der Waals surface area contributed by atoms with Gasteiger partial charge in [-0.15, -0.1) is 11.8 Å². The molecule has 2 amide bonds. The maximum absolute atomic E-state index is 12.7. The molecule has 2 heterocycles. The number of thiocarbonyl (C=S) groups is 1. The van der Waals surface area contributed by atoms with Gasteiger partial charge >= 0.3 is 0 Å². The number of benzene rings is 2. The highest BCUT2D eigenvalue weighted by atomic mass is 35.5. The van der Waals surface area contributed by atoms with Crippen LogP contribution in [0.3, 0.4) is 0 Å². The fourth-order valence-corrected chi connectivity index (χ4v) is 5.80. The molecule has 0 bridgehead atoms. The minimum Gasteiger partial charge on any atom is -0.497 e. The van der Waals surface area contributed by atoms with Gasteiger partial charge in [-0.1, -0.05) is 41.6 Å². The second-order valence-corrected chi connectivity index (χ2v) is 10.0. The Morgan fingerprint density at radius 1 is 1.32 bits per heavy atom. The van der Waals surface area contributed by atoms with E-state index in [0.717, 1.165) is 5.69 Å². The summed E-state index contributed by atoms with van der Waals surface area (Å²) in [6.45, 7) is 0. The summed E-state index contributed by atoms with van der Waals surface area (Å²) in [5.41, 5.74) is 1.08. The van der Waals surface area contributed by atoms with Crippen LogP contribution in [0.2, 0.25) is 5.02 Å². The summed E-state index contributed by atoms with van der Waals surface area (Å²) in [4.78, 5) is 27.0. The Balaban J connectivity index is 1.39. The predicted molar refractivity (Wildman–Crippen MR) is 131 cm³/mol. The lowest BCUT2D eigenvalue weighted by molar-refractivity contribution is -0.122. The van der Waals surface area contributed by atoms with Crippen LogP contribution in [0.1, 0.15) is 0 Å². The number of methoxy groups -OCH3 is 1. The second-order valence-electron chi connectivity index (χ2n) is 6.74. The fourth-order valence-electron chi connectivity index (χ4n) is 3.26. The molecule has 0 saturated carbocycles. The smallest absolute Gasteiger partial charge is 0.238 e. The Morgan fingerprint density at radius 3 is 2.84 bits per heavy atom. The Bertz CT molecular complexity index is 1010. The van der Waals surface area contributed by atoms with Crippen LogP contribution < -0.4 is 25.6 Å². The van der Waals surface area contributed by atoms with E-state index in [1.54, 1.807) is 43.5 Å². The van der Waals surface area contributed by atoms with Gasteiger partial charge in [0.2, 0.25) is 11.8 Å². The number of ether oxygens (including phenoxy) is 1. The number of hydrogen-bond acceptors (Lipinski definition) is 7. The first kappa shape index (κ1) is 22.2. The van der Waals surface area contributed by atoms with E-state index in [4.69, 9.17) is 28.6 Å². The molecule has 162 valence electrons. The molecular formula is C20H19ClN4O3S3. The lowest BCUT2D eigenvalue weighted by Crippen LogP contribution is -2.64. The summed E-state index contributed by atoms with van der Waals surface area (Å²) >= 11 is 14.2. The zero-order chi connectivity index (χ0) is 22.0. The van der Waals surface area contributed by atoms with Crippen molar-refractivity contribution < 1.29 is 14.3 Å². The molecule has 2 fully saturated rings. The standard InChI is InChI=1S/C20H19ClN4O3S3/c1-28-14-4-2-3-12(9-14)22-15(26)10-30-19-23-17-16(18(27)24-19)31-20(29)25(17)13-7-5-11(21)6-8-13/h2-9,16-17,19,23H,10H2,1H3,(H,22,26)(H,24,27). The minimum atomic E-state index is -0.430. The normalized spacial score (nSPS) is 22.6. The van der Waals surface area contributed by atoms with Crippen LogP contribution in [0.4, 0.5) is 11.4 Å². The summed E-state index contributed by atoms with van der Waals surface area (Å²) in [5, 5.41) is 9.39. The van der Waals surface area contributed by atoms with Crippen LogP contribution in [0, 0.1) is 0 Å². The topological polar surface area (TPSA) is 82.7 Å². The third-order valence-corrected chi connectivity index (χ3v) is 7.56. The van der Waals surface area contributed by atoms with E-state index in [1.165, 1.54) is 23.5 Å². The highest BCUT2D eigenvalue weighted by Crippen LogP contribution is 2.37. The zero-order valence-corrected chi connectivity index (χ0v) is 19.5. The maximum atomic E-state index is 12.7. The number of carbonyl (C=O) groups excluding carboxylic acids is 2. The van der Waals surface area contributed by atoms with Crippen LogP contribution in [0.5, 0.6) is 5.75 Å². The number of amides is 2. The molecule has 7 nitrogen and oxygen atoms in total. The molecule has 11 heteroatoms. The summed E-state index contributed by atoms with van der Waals surface area (Å²) in [6.07, 6.45) is -0.314. The highest BCUT2D eigenvalue weighted by Gasteiger charge is 2.47. The van der Waals surface area contributed by atoms with Crippen molar-refractivity contribution in [2.45, 2.75) is 16.9 Å². The molecule has 3 atom stereocenters. The molecule has 0 spiro atoms. The molecule has 2 saturated heterocycles. The first-order valence-corrected chi connectivity index (χ1v) is 12.0. The van der Waals surface area contributed by atoms with Crippen molar-refractivity contribution in [2.75, 3.05) is 23.1 Å². The first-order valence-electron chi connectivity index (χ1n) is 9.32. The van der Waals surface area contributed by atoms with Crippen LogP contribution in [0.25, 0.3) is 0 Å². The summed E-state index contributed by atoms with van der Waals surface area (Å²) < 4.78 is 5.78. The van der Waals surface area contributed by atoms with Crippen molar-refractivity contribution in [2.24, 2.45) is 0 Å². The number of halogens is 1. The van der Waals surface area contributed by atoms with Crippen molar-refractivity contribution in [1.82, 2.24) is 10.6 Å². The van der Waals surface area contributed by atoms with E-state index < -0.39 is 5.50 Å². The molecule has 2 aliphatic heterocycles. The summed E-state index contributed by atoms with van der Waals surface area (Å²) in [7, 11) is 1.57. The Kier molecular flexibility index (Phi) is 6.92. The van der Waals surface area contributed by atoms with E-state index in [9.17, 15) is 9.59 Å². The average Bonchev–Trinajstić information content (AvgIpc) is 3.09. The number of hydrogen-bond donors (Lipinski definition) is 3. The number of thioether (sulfide) groups is 2. The third-order valence-electron chi connectivity index (χ3n) is 4.68. The summed E-state index contributed by atoms with van der Waals surface area (Å²) in [5.74, 6) is 0.528. The number of rotatable bonds is 6. The SMILES string of the molecule is COc1cccc(NC(=O)CSC2NC(=O)C3SC(=S)N(c4ccc(Cl)cc4)C3N2)c1. The van der Waals surface area contributed by atoms with E-state index in [1.807, 2.05) is 17.0 Å². The molecule has 2 aromatic rings. The molecule has 2 aliphatic rings. The van der Waals surface area contributed by atoms with Crippen LogP contribution >= 0.6 is 47.3 Å². The molecule has 0 radical (unpaired) electrons. The number of nitrogens with zero attached hydrogens (tertiary/aromatic N) is 1. The van der Waals surface area contributed by atoms with Crippen molar-refractivity contribution in [3.63, 3.8) is 0 Å². The third kappa shape index (κ3) is 5.09. The van der Waals surface area contributed by atoms with Gasteiger partial charge in [0.1, 0.15) is 27.0 Å². The second kappa shape index (κ2) is 9.66. The van der Waals surface area contributed by atoms with Gasteiger partial charge in [0.05, 0.1) is 12.9 Å². The lowest BCUT2D eigenvalue weighted by Gasteiger charge is -2.36. The van der Waals surface area contributed by atoms with E-state index >= 15 is 0 Å². The van der Waals surface area contributed by atoms with Gasteiger partial charge in [0.15, 0.2) is 0 Å². The Hall–Kier alpha value is -1.98. The maximum Gasteiger partial charge on any atom is 0.238 e. The van der Waals surface area contributed by atoms with Crippen LogP contribution in [-0.4, -0.2) is 45.9 Å². The van der Waals surface area contributed by atoms with Crippen molar-refractivity contribution in [3.05, 3.63) is 53.6 Å². The first-order chi connectivity index (χ1) is 14.9. The van der Waals surface area contributed by atoms with Crippen molar-refractivity contribution in [1.29, 1.82) is 0 Å². The number of anilines is 2. The van der Waals surface area contributed by atoms with Crippen molar-refractivity contribution >= 4 is 74.9 Å². The number of carbonyl (C=O) groups is 2. The van der Waals surface area contributed by atoms with Gasteiger partial charge in [-0.05, 0) is 36.4 Å². The van der Waals surface area contributed by atoms with Gasteiger partial charge in [-0.2, -0.15) is 0 Å². The van der Waals surface area contributed by atoms with Gasteiger partial charge < -0.3 is 20.3 Å². The van der Waals surface area contributed by atoms with Gasteiger partial charge in [0, 0.05) is 22.5 Å². The molecule has 3 unspecified atom stereocenters. The largest absolute Gasteiger partial charge is 0.497 e. The quantitative estimate of drug-likeness (QED) is 0.528. The molecule has 4 rings (SSSR count). The molecule has 2 aromatic carbocycles. The van der Waals surface area contributed by atoms with E-state index in [2.05, 4.69) is 16.0 Å². The molecular weight excluding hydrogens is 476 g/mol. The minimum absolute atomic E-state index is 0.113. The predicted octanol–water partition coefficient (Wildman–Crippen LogP) is 3.26. The number of nitrogens with one attached hydrogen (secondary N) is 3. The zero-order valence-electron chi connectivity index (χ0n) is 16.3. The van der Waals surface area contributed by atoms with E-state index in [0.29, 0.717) is 20.8 Å².